The second-order valence-corrected chi connectivity index (χ2v) is 9.99. The van der Waals surface area contributed by atoms with E-state index in [2.05, 4.69) is 78.3 Å². The molecule has 0 unspecified atom stereocenters. The van der Waals surface area contributed by atoms with Crippen LogP contribution in [0.3, 0.4) is 0 Å². The lowest BCUT2D eigenvalue weighted by Gasteiger charge is -2.14. The number of hydrogen-bond acceptors (Lipinski definition) is 5. The molecule has 6 heterocycles. The molecule has 0 saturated carbocycles. The number of rotatable bonds is 5. The number of aromatic amines is 2. The zero-order valence-electron chi connectivity index (χ0n) is 19.2. The van der Waals surface area contributed by atoms with Crippen LogP contribution in [-0.2, 0) is 6.54 Å². The van der Waals surface area contributed by atoms with E-state index in [-0.39, 0.29) is 0 Å². The number of benzene rings is 1. The van der Waals surface area contributed by atoms with E-state index >= 15 is 0 Å². The summed E-state index contributed by atoms with van der Waals surface area (Å²) >= 11 is 1.72. The van der Waals surface area contributed by atoms with E-state index in [1.807, 2.05) is 18.6 Å². The van der Waals surface area contributed by atoms with Crippen LogP contribution in [0.25, 0.3) is 55.6 Å². The van der Waals surface area contributed by atoms with Gasteiger partial charge in [0.2, 0.25) is 0 Å². The van der Waals surface area contributed by atoms with Gasteiger partial charge in [0.1, 0.15) is 5.69 Å². The summed E-state index contributed by atoms with van der Waals surface area (Å²) in [6.45, 7) is 3.29. The second kappa shape index (κ2) is 8.45. The number of aromatic nitrogens is 5. The first-order valence-corrected chi connectivity index (χ1v) is 12.9. The summed E-state index contributed by atoms with van der Waals surface area (Å²) in [5.41, 5.74) is 9.56. The Morgan fingerprint density at radius 1 is 0.914 bits per heavy atom. The van der Waals surface area contributed by atoms with Crippen LogP contribution >= 0.6 is 11.3 Å². The van der Waals surface area contributed by atoms with Crippen molar-refractivity contribution in [2.75, 3.05) is 13.1 Å². The van der Waals surface area contributed by atoms with Crippen molar-refractivity contribution in [1.29, 1.82) is 0 Å². The third kappa shape index (κ3) is 3.73. The van der Waals surface area contributed by atoms with Gasteiger partial charge in [0.25, 0.3) is 0 Å². The first-order valence-electron chi connectivity index (χ1n) is 12.0. The van der Waals surface area contributed by atoms with Crippen molar-refractivity contribution in [2.24, 2.45) is 0 Å². The van der Waals surface area contributed by atoms with Gasteiger partial charge < -0.3 is 4.98 Å². The number of likely N-dealkylation sites (tertiary alicyclic amines) is 1. The van der Waals surface area contributed by atoms with Gasteiger partial charge in [-0.1, -0.05) is 12.1 Å². The molecule has 5 aromatic heterocycles. The van der Waals surface area contributed by atoms with Crippen LogP contribution in [0.2, 0.25) is 0 Å². The molecule has 0 aliphatic carbocycles. The van der Waals surface area contributed by atoms with Crippen LogP contribution in [0, 0.1) is 0 Å². The summed E-state index contributed by atoms with van der Waals surface area (Å²) in [7, 11) is 0. The average molecular weight is 477 g/mol. The molecule has 0 spiro atoms. The molecule has 172 valence electrons. The summed E-state index contributed by atoms with van der Waals surface area (Å²) in [5.74, 6) is 0. The average Bonchev–Trinajstić information content (AvgIpc) is 3.70. The Labute approximate surface area is 206 Å². The molecule has 2 N–H and O–H groups in total. The zero-order chi connectivity index (χ0) is 23.2. The van der Waals surface area contributed by atoms with Crippen LogP contribution in [-0.4, -0.2) is 43.1 Å². The third-order valence-electron chi connectivity index (χ3n) is 6.89. The molecular formula is C28H24N6S. The topological polar surface area (TPSA) is 73.5 Å². The highest BCUT2D eigenvalue weighted by Crippen LogP contribution is 2.35. The first kappa shape index (κ1) is 20.6. The van der Waals surface area contributed by atoms with Crippen LogP contribution < -0.4 is 0 Å². The lowest BCUT2D eigenvalue weighted by Crippen LogP contribution is -2.18. The lowest BCUT2D eigenvalue weighted by molar-refractivity contribution is 0.331. The standard InChI is InChI=1S/C28H24N6S/c1-2-8-34(7-1)16-18-10-20(14-29-13-18)25-12-23-27(15-30-25)32-33-28(23)26-11-22-21(19-6-9-35-17-19)4-3-5-24(22)31-26/h3-6,9-15,17,31H,1-2,7-8,16H2,(H,32,33). The molecule has 35 heavy (non-hydrogen) atoms. The molecule has 1 saturated heterocycles. The Morgan fingerprint density at radius 2 is 1.86 bits per heavy atom. The van der Waals surface area contributed by atoms with Gasteiger partial charge in [0.15, 0.2) is 0 Å². The highest BCUT2D eigenvalue weighted by atomic mass is 32.1. The molecule has 1 aliphatic heterocycles. The number of pyridine rings is 2. The lowest BCUT2D eigenvalue weighted by atomic mass is 10.0. The Kier molecular flexibility index (Phi) is 4.96. The molecule has 0 atom stereocenters. The van der Waals surface area contributed by atoms with Crippen molar-refractivity contribution in [2.45, 2.75) is 19.4 Å². The van der Waals surface area contributed by atoms with Crippen molar-refractivity contribution in [1.82, 2.24) is 30.0 Å². The van der Waals surface area contributed by atoms with Crippen molar-refractivity contribution < 1.29 is 0 Å². The van der Waals surface area contributed by atoms with Crippen LogP contribution in [0.5, 0.6) is 0 Å². The minimum atomic E-state index is 0.900. The van der Waals surface area contributed by atoms with Crippen molar-refractivity contribution in [3.05, 3.63) is 77.4 Å². The Balaban J connectivity index is 1.28. The van der Waals surface area contributed by atoms with Crippen molar-refractivity contribution >= 4 is 33.1 Å². The summed E-state index contributed by atoms with van der Waals surface area (Å²) < 4.78 is 0. The predicted octanol–water partition coefficient (Wildman–Crippen LogP) is 6.49. The molecule has 0 amide bonds. The van der Waals surface area contributed by atoms with E-state index in [4.69, 9.17) is 4.98 Å². The summed E-state index contributed by atoms with van der Waals surface area (Å²) in [6, 6.07) is 15.1. The normalized spacial score (nSPS) is 14.4. The van der Waals surface area contributed by atoms with E-state index in [1.165, 1.54) is 48.0 Å². The quantitative estimate of drug-likeness (QED) is 0.298. The Morgan fingerprint density at radius 3 is 2.74 bits per heavy atom. The van der Waals surface area contributed by atoms with Gasteiger partial charge in [-0.2, -0.15) is 16.4 Å². The van der Waals surface area contributed by atoms with Crippen molar-refractivity contribution in [3.8, 4) is 33.8 Å². The number of nitrogens with zero attached hydrogens (tertiary/aromatic N) is 4. The summed E-state index contributed by atoms with van der Waals surface area (Å²) in [6.07, 6.45) is 8.32. The second-order valence-electron chi connectivity index (χ2n) is 9.21. The Hall–Kier alpha value is -3.81. The van der Waals surface area contributed by atoms with Gasteiger partial charge in [-0.25, -0.2) is 0 Å². The van der Waals surface area contributed by atoms with E-state index in [0.717, 1.165) is 45.6 Å². The minimum Gasteiger partial charge on any atom is -0.353 e. The van der Waals surface area contributed by atoms with E-state index < -0.39 is 0 Å². The fourth-order valence-corrected chi connectivity index (χ4v) is 5.80. The molecule has 7 rings (SSSR count). The highest BCUT2D eigenvalue weighted by Gasteiger charge is 2.16. The summed E-state index contributed by atoms with van der Waals surface area (Å²) in [4.78, 5) is 15.3. The summed E-state index contributed by atoms with van der Waals surface area (Å²) in [5, 5.41) is 14.4. The van der Waals surface area contributed by atoms with Crippen LogP contribution in [0.1, 0.15) is 18.4 Å². The first-order chi connectivity index (χ1) is 17.3. The molecule has 6 aromatic rings. The number of fused-ring (bicyclic) bond motifs is 2. The van der Waals surface area contributed by atoms with Gasteiger partial charge in [-0.3, -0.25) is 20.0 Å². The third-order valence-corrected chi connectivity index (χ3v) is 7.58. The molecular weight excluding hydrogens is 452 g/mol. The largest absolute Gasteiger partial charge is 0.353 e. The molecule has 6 nitrogen and oxygen atoms in total. The fraction of sp³-hybridized carbons (Fsp3) is 0.179. The van der Waals surface area contributed by atoms with E-state index in [9.17, 15) is 0 Å². The maximum atomic E-state index is 4.71. The maximum Gasteiger partial charge on any atom is 0.116 e. The van der Waals surface area contributed by atoms with Crippen LogP contribution in [0.4, 0.5) is 0 Å². The van der Waals surface area contributed by atoms with Crippen LogP contribution in [0.15, 0.2) is 71.8 Å². The monoisotopic (exact) mass is 476 g/mol. The molecule has 0 radical (unpaired) electrons. The predicted molar refractivity (Wildman–Crippen MR) is 142 cm³/mol. The van der Waals surface area contributed by atoms with Gasteiger partial charge >= 0.3 is 0 Å². The highest BCUT2D eigenvalue weighted by molar-refractivity contribution is 7.08. The van der Waals surface area contributed by atoms with E-state index in [0.29, 0.717) is 0 Å². The number of hydrogen-bond donors (Lipinski definition) is 2. The van der Waals surface area contributed by atoms with E-state index in [1.54, 1.807) is 11.3 Å². The number of thiophene rings is 1. The molecule has 1 fully saturated rings. The fourth-order valence-electron chi connectivity index (χ4n) is 5.15. The number of nitrogens with one attached hydrogen (secondary N) is 2. The number of H-pyrrole nitrogens is 2. The Bertz CT molecular complexity index is 1640. The van der Waals surface area contributed by atoms with Gasteiger partial charge in [0, 0.05) is 40.8 Å². The smallest absolute Gasteiger partial charge is 0.116 e. The maximum absolute atomic E-state index is 4.71. The van der Waals surface area contributed by atoms with Gasteiger partial charge in [-0.15, -0.1) is 0 Å². The zero-order valence-corrected chi connectivity index (χ0v) is 20.0. The van der Waals surface area contributed by atoms with Gasteiger partial charge in [0.05, 0.1) is 23.1 Å². The van der Waals surface area contributed by atoms with Gasteiger partial charge in [-0.05, 0) is 83.7 Å². The minimum absolute atomic E-state index is 0.900. The molecule has 1 aliphatic rings. The molecule has 0 bridgehead atoms. The SMILES string of the molecule is c1cc(-c2ccsc2)c2cc(-c3n[nH]c4cnc(-c5cncc(CN6CCCC6)c5)cc34)[nH]c2c1. The van der Waals surface area contributed by atoms with Crippen molar-refractivity contribution in [3.63, 3.8) is 0 Å². The molecule has 1 aromatic carbocycles. The molecule has 7 heteroatoms.